The predicted molar refractivity (Wildman–Crippen MR) is 92.9 cm³/mol. The molecule has 1 aromatic carbocycles. The van der Waals surface area contributed by atoms with Crippen LogP contribution in [0, 0.1) is 0 Å². The van der Waals surface area contributed by atoms with Crippen LogP contribution in [0.5, 0.6) is 5.75 Å². The van der Waals surface area contributed by atoms with E-state index in [0.717, 1.165) is 25.0 Å². The van der Waals surface area contributed by atoms with Gasteiger partial charge in [0.05, 0.1) is 13.2 Å². The van der Waals surface area contributed by atoms with Crippen LogP contribution in [0.3, 0.4) is 0 Å². The average Bonchev–Trinajstić information content (AvgIpc) is 3.08. The minimum Gasteiger partial charge on any atom is -0.494 e. The molecule has 2 rings (SSSR count). The molecule has 4 N–H and O–H groups in total. The number of nitrogens with one attached hydrogen (secondary N) is 1. The lowest BCUT2D eigenvalue weighted by Gasteiger charge is -2.10. The largest absolute Gasteiger partial charge is 0.494 e. The molecule has 0 spiro atoms. The molecule has 0 radical (unpaired) electrons. The van der Waals surface area contributed by atoms with Crippen LogP contribution in [0.2, 0.25) is 0 Å². The molecule has 6 heteroatoms. The second kappa shape index (κ2) is 9.29. The Morgan fingerprint density at radius 3 is 2.70 bits per heavy atom. The van der Waals surface area contributed by atoms with Gasteiger partial charge >= 0.3 is 0 Å². The first-order chi connectivity index (χ1) is 11.2. The molecule has 2 aromatic rings. The maximum atomic E-state index is 11.5. The van der Waals surface area contributed by atoms with Crippen LogP contribution >= 0.6 is 11.3 Å². The monoisotopic (exact) mass is 334 g/mol. The minimum atomic E-state index is -0.908. The number of hydrogen-bond acceptors (Lipinski definition) is 5. The number of anilines is 1. The van der Waals surface area contributed by atoms with Gasteiger partial charge in [-0.05, 0) is 55.0 Å². The maximum absolute atomic E-state index is 11.5. The highest BCUT2D eigenvalue weighted by Gasteiger charge is 2.11. The van der Waals surface area contributed by atoms with Crippen molar-refractivity contribution in [3.63, 3.8) is 0 Å². The van der Waals surface area contributed by atoms with Crippen molar-refractivity contribution in [1.29, 1.82) is 0 Å². The smallest absolute Gasteiger partial charge is 0.243 e. The standard InChI is InChI=1S/C17H22N2O3S/c18-16(12-20)17(21)19-13-6-8-14(9-7-13)22-10-2-1-4-15-5-3-11-23-15/h3,5-9,11,16,20H,1-2,4,10,12,18H2,(H,19,21)/t16-/m0/s1. The number of carbonyl (C=O) groups excluding carboxylic acids is 1. The SMILES string of the molecule is N[C@@H](CO)C(=O)Nc1ccc(OCCCCc2cccs2)cc1. The molecule has 0 unspecified atom stereocenters. The fourth-order valence-corrected chi connectivity index (χ4v) is 2.75. The Bertz CT molecular complexity index is 584. The summed E-state index contributed by atoms with van der Waals surface area (Å²) in [5.74, 6) is 0.361. The third kappa shape index (κ3) is 6.02. The Balaban J connectivity index is 1.67. The van der Waals surface area contributed by atoms with E-state index in [1.165, 1.54) is 4.88 Å². The second-order valence-electron chi connectivity index (χ2n) is 5.19. The van der Waals surface area contributed by atoms with Crippen LogP contribution in [0.15, 0.2) is 41.8 Å². The fraction of sp³-hybridized carbons (Fsp3) is 0.353. The number of aliphatic hydroxyl groups excluding tert-OH is 1. The van der Waals surface area contributed by atoms with Gasteiger partial charge in [-0.25, -0.2) is 0 Å². The van der Waals surface area contributed by atoms with E-state index >= 15 is 0 Å². The van der Waals surface area contributed by atoms with Crippen LogP contribution in [-0.2, 0) is 11.2 Å². The van der Waals surface area contributed by atoms with Gasteiger partial charge in [0.2, 0.25) is 5.91 Å². The number of hydrogen-bond donors (Lipinski definition) is 3. The van der Waals surface area contributed by atoms with Crippen molar-refractivity contribution in [2.45, 2.75) is 25.3 Å². The van der Waals surface area contributed by atoms with Gasteiger partial charge in [-0.15, -0.1) is 11.3 Å². The quantitative estimate of drug-likeness (QED) is 0.615. The maximum Gasteiger partial charge on any atom is 0.243 e. The van der Waals surface area contributed by atoms with E-state index in [9.17, 15) is 4.79 Å². The van der Waals surface area contributed by atoms with Crippen molar-refractivity contribution in [3.8, 4) is 5.75 Å². The summed E-state index contributed by atoms with van der Waals surface area (Å²) in [6.45, 7) is 0.297. The zero-order valence-corrected chi connectivity index (χ0v) is 13.7. The molecule has 1 heterocycles. The molecule has 5 nitrogen and oxygen atoms in total. The Morgan fingerprint density at radius 2 is 2.04 bits per heavy atom. The third-order valence-corrected chi connectivity index (χ3v) is 4.26. The van der Waals surface area contributed by atoms with Crippen molar-refractivity contribution in [2.24, 2.45) is 5.73 Å². The van der Waals surface area contributed by atoms with Crippen molar-refractivity contribution in [2.75, 3.05) is 18.5 Å². The third-order valence-electron chi connectivity index (χ3n) is 3.32. The molecule has 23 heavy (non-hydrogen) atoms. The number of carbonyl (C=O) groups is 1. The summed E-state index contributed by atoms with van der Waals surface area (Å²) in [4.78, 5) is 13.0. The molecule has 124 valence electrons. The summed E-state index contributed by atoms with van der Waals surface area (Å²) in [7, 11) is 0. The van der Waals surface area contributed by atoms with Gasteiger partial charge in [0.1, 0.15) is 11.8 Å². The normalized spacial score (nSPS) is 11.9. The lowest BCUT2D eigenvalue weighted by atomic mass is 10.2. The highest BCUT2D eigenvalue weighted by Crippen LogP contribution is 2.17. The molecule has 0 aliphatic rings. The van der Waals surface area contributed by atoms with Crippen LogP contribution in [0.4, 0.5) is 5.69 Å². The summed E-state index contributed by atoms with van der Waals surface area (Å²) >= 11 is 1.79. The van der Waals surface area contributed by atoms with Gasteiger partial charge in [0.25, 0.3) is 0 Å². The molecule has 0 aliphatic heterocycles. The summed E-state index contributed by atoms with van der Waals surface area (Å²) in [5.41, 5.74) is 6.07. The molecular weight excluding hydrogens is 312 g/mol. The van der Waals surface area contributed by atoms with E-state index in [2.05, 4.69) is 22.8 Å². The predicted octanol–water partition coefficient (Wildman–Crippen LogP) is 2.41. The highest BCUT2D eigenvalue weighted by atomic mass is 32.1. The van der Waals surface area contributed by atoms with Crippen LogP contribution in [0.25, 0.3) is 0 Å². The van der Waals surface area contributed by atoms with Crippen molar-refractivity contribution in [3.05, 3.63) is 46.7 Å². The summed E-state index contributed by atoms with van der Waals surface area (Å²) in [5, 5.41) is 13.6. The van der Waals surface area contributed by atoms with Gasteiger partial charge < -0.3 is 20.9 Å². The van der Waals surface area contributed by atoms with E-state index in [4.69, 9.17) is 15.6 Å². The Hall–Kier alpha value is -1.89. The van der Waals surface area contributed by atoms with Gasteiger partial charge in [0, 0.05) is 10.6 Å². The Morgan fingerprint density at radius 1 is 1.26 bits per heavy atom. The number of amides is 1. The fourth-order valence-electron chi connectivity index (χ4n) is 2.00. The average molecular weight is 334 g/mol. The van der Waals surface area contributed by atoms with Crippen molar-refractivity contribution in [1.82, 2.24) is 0 Å². The topological polar surface area (TPSA) is 84.6 Å². The zero-order chi connectivity index (χ0) is 16.5. The second-order valence-corrected chi connectivity index (χ2v) is 6.22. The molecule has 0 aliphatic carbocycles. The highest BCUT2D eigenvalue weighted by molar-refractivity contribution is 7.09. The lowest BCUT2D eigenvalue weighted by Crippen LogP contribution is -2.38. The summed E-state index contributed by atoms with van der Waals surface area (Å²) in [6.07, 6.45) is 3.20. The molecule has 0 bridgehead atoms. The molecule has 1 atom stereocenters. The molecule has 1 aromatic heterocycles. The number of benzene rings is 1. The number of thiophene rings is 1. The zero-order valence-electron chi connectivity index (χ0n) is 12.9. The number of rotatable bonds is 9. The van der Waals surface area contributed by atoms with Gasteiger partial charge in [0.15, 0.2) is 0 Å². The lowest BCUT2D eigenvalue weighted by molar-refractivity contribution is -0.118. The molecular formula is C17H22N2O3S. The van der Waals surface area contributed by atoms with Gasteiger partial charge in [-0.1, -0.05) is 6.07 Å². The van der Waals surface area contributed by atoms with E-state index in [-0.39, 0.29) is 6.61 Å². The van der Waals surface area contributed by atoms with E-state index in [1.807, 2.05) is 0 Å². The number of nitrogens with two attached hydrogens (primary N) is 1. The number of ether oxygens (including phenoxy) is 1. The van der Waals surface area contributed by atoms with E-state index in [1.54, 1.807) is 35.6 Å². The molecule has 1 amide bonds. The summed E-state index contributed by atoms with van der Waals surface area (Å²) in [6, 6.07) is 10.4. The van der Waals surface area contributed by atoms with Crippen molar-refractivity contribution < 1.29 is 14.6 Å². The first kappa shape index (κ1) is 17.5. The van der Waals surface area contributed by atoms with E-state index < -0.39 is 11.9 Å². The van der Waals surface area contributed by atoms with Crippen LogP contribution in [-0.4, -0.2) is 30.3 Å². The first-order valence-electron chi connectivity index (χ1n) is 7.61. The summed E-state index contributed by atoms with van der Waals surface area (Å²) < 4.78 is 5.68. The first-order valence-corrected chi connectivity index (χ1v) is 8.49. The molecule has 0 fully saturated rings. The number of unbranched alkanes of at least 4 members (excludes halogenated alkanes) is 1. The Labute approximate surface area is 140 Å². The molecule has 0 saturated carbocycles. The minimum absolute atomic E-state index is 0.376. The van der Waals surface area contributed by atoms with Crippen molar-refractivity contribution >= 4 is 22.9 Å². The molecule has 0 saturated heterocycles. The Kier molecular flexibility index (Phi) is 7.06. The number of aryl methyl sites for hydroxylation is 1. The number of aliphatic hydroxyl groups is 1. The van der Waals surface area contributed by atoms with Gasteiger partial charge in [-0.3, -0.25) is 4.79 Å². The van der Waals surface area contributed by atoms with Gasteiger partial charge in [-0.2, -0.15) is 0 Å². The van der Waals surface area contributed by atoms with E-state index in [0.29, 0.717) is 12.3 Å². The van der Waals surface area contributed by atoms with Crippen LogP contribution < -0.4 is 15.8 Å². The van der Waals surface area contributed by atoms with Crippen LogP contribution in [0.1, 0.15) is 17.7 Å².